The molecule has 1 amide bonds. The number of quaternary nitrogens is 1. The molecule has 1 aromatic heterocycles. The number of carboxylic acid groups (broad SMARTS) is 1. The van der Waals surface area contributed by atoms with E-state index in [0.717, 1.165) is 61.3 Å². The van der Waals surface area contributed by atoms with Crippen LogP contribution in [0.1, 0.15) is 34.5 Å². The molecule has 0 unspecified atom stereocenters. The number of benzene rings is 2. The van der Waals surface area contributed by atoms with Crippen molar-refractivity contribution in [2.24, 2.45) is 0 Å². The second kappa shape index (κ2) is 17.3. The van der Waals surface area contributed by atoms with Gasteiger partial charge in [0.25, 0.3) is 5.91 Å². The molecule has 0 fully saturated rings. The standard InChI is InChI=1S/C28H37ClN6O3.C2HF3O2/c1-35(17-4-6-20-8-12-22(37-2)13-9-20,18-5-7-21-10-14-23(38-3)15-11-21)19-16-32-28(36)24-26(30)34-27(31)25(29)33-24;3-2(4,5)1(6)7/h8-15H,4-7,16-19H2,1-3H3,(H4-,30,31,32,34,36);(H,6,7). The second-order valence-corrected chi connectivity index (χ2v) is 10.7. The maximum Gasteiger partial charge on any atom is 0.430 e. The monoisotopic (exact) mass is 654 g/mol. The molecule has 0 spiro atoms. The Hall–Kier alpha value is -4.30. The zero-order valence-electron chi connectivity index (χ0n) is 25.3. The van der Waals surface area contributed by atoms with E-state index in [2.05, 4.69) is 46.6 Å². The summed E-state index contributed by atoms with van der Waals surface area (Å²) < 4.78 is 42.9. The van der Waals surface area contributed by atoms with E-state index in [1.165, 1.54) is 11.1 Å². The number of methoxy groups -OCH3 is 2. The number of nitrogens with one attached hydrogen (secondary N) is 1. The first-order valence-electron chi connectivity index (χ1n) is 13.9. The molecule has 11 nitrogen and oxygen atoms in total. The van der Waals surface area contributed by atoms with Crippen molar-refractivity contribution in [3.05, 3.63) is 70.5 Å². The van der Waals surface area contributed by atoms with Crippen LogP contribution in [0.2, 0.25) is 5.15 Å². The van der Waals surface area contributed by atoms with Gasteiger partial charge in [-0.2, -0.15) is 13.2 Å². The van der Waals surface area contributed by atoms with Crippen LogP contribution < -0.4 is 31.4 Å². The number of rotatable bonds is 14. The average Bonchev–Trinajstić information content (AvgIpc) is 2.99. The molecule has 3 aromatic rings. The normalized spacial score (nSPS) is 11.3. The quantitative estimate of drug-likeness (QED) is 0.222. The summed E-state index contributed by atoms with van der Waals surface area (Å²) in [6.07, 6.45) is -1.21. The largest absolute Gasteiger partial charge is 0.542 e. The highest BCUT2D eigenvalue weighted by Gasteiger charge is 2.29. The number of carboxylic acids is 1. The van der Waals surface area contributed by atoms with Crippen LogP contribution in [-0.2, 0) is 17.6 Å². The number of hydrogen-bond donors (Lipinski definition) is 3. The Labute approximate surface area is 264 Å². The number of hydrogen-bond acceptors (Lipinski definition) is 9. The first kappa shape index (κ1) is 36.9. The number of alkyl halides is 3. The lowest BCUT2D eigenvalue weighted by Gasteiger charge is -2.35. The Kier molecular flexibility index (Phi) is 14.1. The third-order valence-electron chi connectivity index (χ3n) is 6.93. The van der Waals surface area contributed by atoms with Gasteiger partial charge in [0.2, 0.25) is 0 Å². The van der Waals surface area contributed by atoms with Gasteiger partial charge in [-0.25, -0.2) is 9.97 Å². The number of aryl methyl sites for hydroxylation is 2. The van der Waals surface area contributed by atoms with Crippen LogP contribution in [0.25, 0.3) is 0 Å². The van der Waals surface area contributed by atoms with Gasteiger partial charge in [-0.3, -0.25) is 4.79 Å². The highest BCUT2D eigenvalue weighted by atomic mass is 35.5. The molecule has 1 heterocycles. The molecule has 0 atom stereocenters. The third kappa shape index (κ3) is 12.7. The van der Waals surface area contributed by atoms with Gasteiger partial charge in [0.15, 0.2) is 22.5 Å². The minimum Gasteiger partial charge on any atom is -0.542 e. The molecule has 0 aliphatic heterocycles. The SMILES string of the molecule is COc1ccc(CCC[N+](C)(CCCc2ccc(OC)cc2)CCNC(=O)c2nc(Cl)c(N)nc2N)cc1.O=C([O-])C(F)(F)F. The Balaban J connectivity index is 0.000000900. The first-order chi connectivity index (χ1) is 21.2. The fourth-order valence-corrected chi connectivity index (χ4v) is 4.51. The van der Waals surface area contributed by atoms with Crippen LogP contribution in [0.15, 0.2) is 48.5 Å². The molecule has 0 saturated heterocycles. The van der Waals surface area contributed by atoms with Crippen molar-refractivity contribution in [1.82, 2.24) is 15.3 Å². The Bertz CT molecular complexity index is 1340. The Morgan fingerprint density at radius 2 is 1.31 bits per heavy atom. The van der Waals surface area contributed by atoms with Crippen LogP contribution in [0.4, 0.5) is 24.8 Å². The van der Waals surface area contributed by atoms with Gasteiger partial charge < -0.3 is 40.6 Å². The molecular formula is C30H38ClF3N6O5. The van der Waals surface area contributed by atoms with Gasteiger partial charge in [0.05, 0.1) is 47.4 Å². The Morgan fingerprint density at radius 3 is 1.71 bits per heavy atom. The summed E-state index contributed by atoms with van der Waals surface area (Å²) in [5.41, 5.74) is 14.0. The summed E-state index contributed by atoms with van der Waals surface area (Å²) in [6.45, 7) is 3.16. The van der Waals surface area contributed by atoms with Gasteiger partial charge in [-0.05, 0) is 48.2 Å². The average molecular weight is 655 g/mol. The number of carbonyl (C=O) groups excluding carboxylic acids is 2. The summed E-state index contributed by atoms with van der Waals surface area (Å²) in [5.74, 6) is -1.75. The van der Waals surface area contributed by atoms with Crippen LogP contribution in [0.5, 0.6) is 11.5 Å². The number of anilines is 2. The fourth-order valence-electron chi connectivity index (χ4n) is 4.38. The molecule has 0 bridgehead atoms. The first-order valence-corrected chi connectivity index (χ1v) is 14.3. The van der Waals surface area contributed by atoms with Crippen molar-refractivity contribution in [2.45, 2.75) is 31.9 Å². The summed E-state index contributed by atoms with van der Waals surface area (Å²) >= 11 is 5.93. The molecule has 0 saturated carbocycles. The third-order valence-corrected chi connectivity index (χ3v) is 7.21. The fraction of sp³-hybridized carbons (Fsp3) is 0.400. The summed E-state index contributed by atoms with van der Waals surface area (Å²) in [4.78, 5) is 29.4. The van der Waals surface area contributed by atoms with Crippen molar-refractivity contribution in [3.63, 3.8) is 0 Å². The number of likely N-dealkylation sites (N-methyl/N-ethyl adjacent to an activating group) is 1. The highest BCUT2D eigenvalue weighted by Crippen LogP contribution is 2.18. The van der Waals surface area contributed by atoms with E-state index in [-0.39, 0.29) is 22.5 Å². The number of aliphatic carboxylic acids is 1. The zero-order chi connectivity index (χ0) is 33.6. The summed E-state index contributed by atoms with van der Waals surface area (Å²) in [7, 11) is 5.58. The van der Waals surface area contributed by atoms with Gasteiger partial charge >= 0.3 is 6.18 Å². The number of amides is 1. The second-order valence-electron chi connectivity index (χ2n) is 10.4. The molecule has 0 aliphatic rings. The molecule has 45 heavy (non-hydrogen) atoms. The predicted molar refractivity (Wildman–Crippen MR) is 163 cm³/mol. The van der Waals surface area contributed by atoms with E-state index < -0.39 is 18.1 Å². The molecular weight excluding hydrogens is 617 g/mol. The topological polar surface area (TPSA) is 166 Å². The van der Waals surface area contributed by atoms with Crippen molar-refractivity contribution in [3.8, 4) is 11.5 Å². The smallest absolute Gasteiger partial charge is 0.430 e. The lowest BCUT2D eigenvalue weighted by Crippen LogP contribution is -2.50. The number of carbonyl (C=O) groups is 2. The summed E-state index contributed by atoms with van der Waals surface area (Å²) in [5, 5.41) is 11.7. The number of aromatic nitrogens is 2. The van der Waals surface area contributed by atoms with Gasteiger partial charge in [-0.1, -0.05) is 35.9 Å². The number of nitrogen functional groups attached to an aromatic ring is 2. The molecule has 5 N–H and O–H groups in total. The maximum absolute atomic E-state index is 12.7. The summed E-state index contributed by atoms with van der Waals surface area (Å²) in [6, 6.07) is 16.4. The lowest BCUT2D eigenvalue weighted by atomic mass is 10.1. The number of nitrogens with two attached hydrogens (primary N) is 2. The zero-order valence-corrected chi connectivity index (χ0v) is 26.1. The van der Waals surface area contributed by atoms with E-state index in [4.69, 9.17) is 42.4 Å². The molecule has 3 rings (SSSR count). The number of ether oxygens (including phenoxy) is 2. The minimum atomic E-state index is -5.19. The van der Waals surface area contributed by atoms with Crippen molar-refractivity contribution in [2.75, 3.05) is 58.9 Å². The van der Waals surface area contributed by atoms with Gasteiger partial charge in [-0.15, -0.1) is 0 Å². The Morgan fingerprint density at radius 1 is 0.867 bits per heavy atom. The predicted octanol–water partition coefficient (Wildman–Crippen LogP) is 3.05. The van der Waals surface area contributed by atoms with Crippen molar-refractivity contribution >= 4 is 35.1 Å². The molecule has 246 valence electrons. The van der Waals surface area contributed by atoms with Crippen LogP contribution in [-0.4, -0.2) is 80.0 Å². The minimum absolute atomic E-state index is 0.00122. The van der Waals surface area contributed by atoms with E-state index in [1.807, 2.05) is 24.3 Å². The van der Waals surface area contributed by atoms with Gasteiger partial charge in [0, 0.05) is 12.8 Å². The number of nitrogens with zero attached hydrogens (tertiary/aromatic N) is 3. The highest BCUT2D eigenvalue weighted by molar-refractivity contribution is 6.31. The van der Waals surface area contributed by atoms with Crippen molar-refractivity contribution < 1.29 is 41.8 Å². The van der Waals surface area contributed by atoms with Crippen molar-refractivity contribution in [1.29, 1.82) is 0 Å². The van der Waals surface area contributed by atoms with E-state index >= 15 is 0 Å². The van der Waals surface area contributed by atoms with E-state index in [0.29, 0.717) is 6.54 Å². The van der Waals surface area contributed by atoms with Crippen LogP contribution >= 0.6 is 11.6 Å². The number of halogens is 4. The molecule has 15 heteroatoms. The van der Waals surface area contributed by atoms with Crippen LogP contribution in [0.3, 0.4) is 0 Å². The van der Waals surface area contributed by atoms with Gasteiger partial charge in [0.1, 0.15) is 17.5 Å². The van der Waals surface area contributed by atoms with Crippen LogP contribution in [0, 0.1) is 0 Å². The molecule has 2 aromatic carbocycles. The molecule has 0 radical (unpaired) electrons. The maximum atomic E-state index is 12.7. The molecule has 0 aliphatic carbocycles. The van der Waals surface area contributed by atoms with E-state index in [1.54, 1.807) is 14.2 Å². The lowest BCUT2D eigenvalue weighted by molar-refractivity contribution is -0.908. The van der Waals surface area contributed by atoms with E-state index in [9.17, 15) is 18.0 Å².